The fourth-order valence-electron chi connectivity index (χ4n) is 3.17. The summed E-state index contributed by atoms with van der Waals surface area (Å²) in [4.78, 5) is 18.4. The van der Waals surface area contributed by atoms with Gasteiger partial charge in [0, 0.05) is 24.9 Å². The highest BCUT2D eigenvalue weighted by Gasteiger charge is 2.21. The van der Waals surface area contributed by atoms with Gasteiger partial charge in [-0.2, -0.15) is 0 Å². The van der Waals surface area contributed by atoms with Crippen LogP contribution in [0.3, 0.4) is 0 Å². The lowest BCUT2D eigenvalue weighted by molar-refractivity contribution is 0.317. The smallest absolute Gasteiger partial charge is 0.262 e. The Morgan fingerprint density at radius 3 is 3.17 bits per heavy atom. The van der Waals surface area contributed by atoms with Gasteiger partial charge in [0.15, 0.2) is 5.75 Å². The van der Waals surface area contributed by atoms with E-state index in [-0.39, 0.29) is 5.56 Å². The van der Waals surface area contributed by atoms with Crippen molar-refractivity contribution >= 4 is 47.6 Å². The Hall–Kier alpha value is -1.44. The third-order valence-electron chi connectivity index (χ3n) is 4.30. The highest BCUT2D eigenvalue weighted by molar-refractivity contribution is 9.10. The van der Waals surface area contributed by atoms with Gasteiger partial charge in [0.2, 0.25) is 0 Å². The zero-order chi connectivity index (χ0) is 16.7. The van der Waals surface area contributed by atoms with Crippen molar-refractivity contribution in [2.24, 2.45) is 0 Å². The molecule has 0 saturated carbocycles. The van der Waals surface area contributed by atoms with E-state index in [9.17, 15) is 4.79 Å². The van der Waals surface area contributed by atoms with Gasteiger partial charge in [-0.3, -0.25) is 9.36 Å². The van der Waals surface area contributed by atoms with E-state index in [2.05, 4.69) is 28.2 Å². The number of nitrogens with one attached hydrogen (secondary N) is 1. The fourth-order valence-corrected chi connectivity index (χ4v) is 4.93. The number of thiophene rings is 1. The summed E-state index contributed by atoms with van der Waals surface area (Å²) in [6, 6.07) is 3.94. The molecule has 0 bridgehead atoms. The van der Waals surface area contributed by atoms with E-state index in [1.165, 1.54) is 0 Å². The van der Waals surface area contributed by atoms with Crippen LogP contribution in [-0.4, -0.2) is 29.2 Å². The maximum absolute atomic E-state index is 12.9. The predicted octanol–water partition coefficient (Wildman–Crippen LogP) is 3.31. The topological polar surface area (TPSA) is 56.1 Å². The minimum absolute atomic E-state index is 0.0830. The number of fused-ring (bicyclic) bond motifs is 4. The van der Waals surface area contributed by atoms with E-state index in [0.29, 0.717) is 6.61 Å². The molecular formula is C17H18BrN3O2S. The molecule has 7 heteroatoms. The largest absolute Gasteiger partial charge is 0.490 e. The van der Waals surface area contributed by atoms with Crippen LogP contribution >= 0.6 is 27.3 Å². The summed E-state index contributed by atoms with van der Waals surface area (Å²) in [6.07, 6.45) is 1.89. The van der Waals surface area contributed by atoms with Gasteiger partial charge in [-0.15, -0.1) is 11.3 Å². The summed E-state index contributed by atoms with van der Waals surface area (Å²) in [5.41, 5.74) is 0.0830. The molecule has 1 aliphatic heterocycles. The summed E-state index contributed by atoms with van der Waals surface area (Å²) in [7, 11) is 0. The molecule has 4 rings (SSSR count). The molecule has 0 aliphatic carbocycles. The van der Waals surface area contributed by atoms with Gasteiger partial charge in [-0.25, -0.2) is 4.98 Å². The summed E-state index contributed by atoms with van der Waals surface area (Å²) in [6.45, 7) is 5.14. The molecule has 0 fully saturated rings. The Morgan fingerprint density at radius 1 is 1.46 bits per heavy atom. The van der Waals surface area contributed by atoms with Crippen LogP contribution in [0.25, 0.3) is 20.3 Å². The summed E-state index contributed by atoms with van der Waals surface area (Å²) < 4.78 is 9.71. The lowest BCUT2D eigenvalue weighted by atomic mass is 10.2. The van der Waals surface area contributed by atoms with E-state index in [0.717, 1.165) is 68.8 Å². The second kappa shape index (κ2) is 6.46. The van der Waals surface area contributed by atoms with Crippen LogP contribution in [0.15, 0.2) is 21.4 Å². The predicted molar refractivity (Wildman–Crippen MR) is 101 cm³/mol. The first kappa shape index (κ1) is 16.1. The van der Waals surface area contributed by atoms with E-state index in [1.54, 1.807) is 11.3 Å². The fraction of sp³-hybridized carbons (Fsp3) is 0.412. The zero-order valence-corrected chi connectivity index (χ0v) is 15.8. The Bertz CT molecular complexity index is 980. The van der Waals surface area contributed by atoms with Gasteiger partial charge < -0.3 is 10.1 Å². The highest BCUT2D eigenvalue weighted by Crippen LogP contribution is 2.41. The maximum Gasteiger partial charge on any atom is 0.262 e. The molecule has 0 amide bonds. The van der Waals surface area contributed by atoms with Gasteiger partial charge >= 0.3 is 0 Å². The second-order valence-electron chi connectivity index (χ2n) is 5.83. The Kier molecular flexibility index (Phi) is 4.32. The van der Waals surface area contributed by atoms with Gasteiger partial charge in [0.1, 0.15) is 17.3 Å². The maximum atomic E-state index is 12.9. The number of ether oxygens (including phenoxy) is 1. The first-order chi connectivity index (χ1) is 11.7. The van der Waals surface area contributed by atoms with Crippen molar-refractivity contribution < 1.29 is 4.74 Å². The molecule has 0 radical (unpaired) electrons. The van der Waals surface area contributed by atoms with Crippen molar-refractivity contribution in [3.8, 4) is 5.75 Å². The SMILES string of the molecule is CCNCCOc1c(Br)ccc2c1sc1nc3n(c(=O)c12)CCC3. The van der Waals surface area contributed by atoms with Gasteiger partial charge in [-0.1, -0.05) is 13.0 Å². The number of likely N-dealkylation sites (N-methyl/N-ethyl adjacent to an activating group) is 1. The van der Waals surface area contributed by atoms with Crippen molar-refractivity contribution in [1.29, 1.82) is 0 Å². The number of rotatable bonds is 5. The number of aromatic nitrogens is 2. The minimum Gasteiger partial charge on any atom is -0.490 e. The Labute approximate surface area is 151 Å². The van der Waals surface area contributed by atoms with E-state index in [4.69, 9.17) is 9.72 Å². The lowest BCUT2D eigenvalue weighted by Gasteiger charge is -2.09. The van der Waals surface area contributed by atoms with Gasteiger partial charge in [0.05, 0.1) is 14.6 Å². The summed E-state index contributed by atoms with van der Waals surface area (Å²) in [5, 5.41) is 4.92. The molecular weight excluding hydrogens is 390 g/mol. The number of hydrogen-bond donors (Lipinski definition) is 1. The number of benzene rings is 1. The van der Waals surface area contributed by atoms with Gasteiger partial charge in [0.25, 0.3) is 5.56 Å². The van der Waals surface area contributed by atoms with Crippen LogP contribution < -0.4 is 15.6 Å². The Balaban J connectivity index is 1.87. The molecule has 0 spiro atoms. The minimum atomic E-state index is 0.0830. The van der Waals surface area contributed by atoms with Crippen LogP contribution in [0.5, 0.6) is 5.75 Å². The van der Waals surface area contributed by atoms with Crippen molar-refractivity contribution in [3.63, 3.8) is 0 Å². The van der Waals surface area contributed by atoms with Crippen LogP contribution in [-0.2, 0) is 13.0 Å². The van der Waals surface area contributed by atoms with Crippen molar-refractivity contribution in [2.75, 3.05) is 19.7 Å². The molecule has 0 atom stereocenters. The van der Waals surface area contributed by atoms with Crippen LogP contribution in [0.4, 0.5) is 0 Å². The lowest BCUT2D eigenvalue weighted by Crippen LogP contribution is -2.20. The molecule has 1 N–H and O–H groups in total. The van der Waals surface area contributed by atoms with E-state index < -0.39 is 0 Å². The number of hydrogen-bond acceptors (Lipinski definition) is 5. The monoisotopic (exact) mass is 407 g/mol. The third kappa shape index (κ3) is 2.55. The summed E-state index contributed by atoms with van der Waals surface area (Å²) >= 11 is 5.12. The molecule has 1 aliphatic rings. The van der Waals surface area contributed by atoms with Crippen molar-refractivity contribution in [2.45, 2.75) is 26.3 Å². The number of halogens is 1. The molecule has 5 nitrogen and oxygen atoms in total. The zero-order valence-electron chi connectivity index (χ0n) is 13.4. The normalized spacial score (nSPS) is 13.8. The molecule has 126 valence electrons. The molecule has 3 aromatic rings. The molecule has 3 heterocycles. The molecule has 2 aromatic heterocycles. The van der Waals surface area contributed by atoms with Gasteiger partial charge in [-0.05, 0) is 35.0 Å². The first-order valence-electron chi connectivity index (χ1n) is 8.18. The van der Waals surface area contributed by atoms with Crippen LogP contribution in [0.1, 0.15) is 19.2 Å². The molecule has 0 unspecified atom stereocenters. The highest BCUT2D eigenvalue weighted by atomic mass is 79.9. The summed E-state index contributed by atoms with van der Waals surface area (Å²) in [5.74, 6) is 1.71. The molecule has 1 aromatic carbocycles. The van der Waals surface area contributed by atoms with Crippen LogP contribution in [0, 0.1) is 0 Å². The average molecular weight is 408 g/mol. The average Bonchev–Trinajstić information content (AvgIpc) is 3.18. The standard InChI is InChI=1S/C17H18BrN3O2S/c1-2-19-7-9-23-14-11(18)6-5-10-13-16(24-15(10)14)20-12-4-3-8-21(12)17(13)22/h5-6,19H,2-4,7-9H2,1H3. The van der Waals surface area contributed by atoms with Crippen LogP contribution in [0.2, 0.25) is 0 Å². The quantitative estimate of drug-likeness (QED) is 0.659. The number of aryl methyl sites for hydroxylation is 1. The van der Waals surface area contributed by atoms with E-state index in [1.807, 2.05) is 16.7 Å². The first-order valence-corrected chi connectivity index (χ1v) is 9.79. The molecule has 0 saturated heterocycles. The number of nitrogens with zero attached hydrogens (tertiary/aromatic N) is 2. The second-order valence-corrected chi connectivity index (χ2v) is 7.68. The van der Waals surface area contributed by atoms with Crippen molar-refractivity contribution in [1.82, 2.24) is 14.9 Å². The molecule has 24 heavy (non-hydrogen) atoms. The Morgan fingerprint density at radius 2 is 2.33 bits per heavy atom. The van der Waals surface area contributed by atoms with Crippen molar-refractivity contribution in [3.05, 3.63) is 32.8 Å². The van der Waals surface area contributed by atoms with E-state index >= 15 is 0 Å². The third-order valence-corrected chi connectivity index (χ3v) is 6.03.